The molecule has 2 N–H and O–H groups in total. The lowest BCUT2D eigenvalue weighted by Gasteiger charge is -2.21. The van der Waals surface area contributed by atoms with Gasteiger partial charge in [0.05, 0.1) is 4.99 Å². The standard InChI is InChI=1S/C17H18N2OS/c1-2-19(15-6-4-3-5-7-15)17(20)14-10-8-13(9-11-14)12-16(18)21/h3-11H,2,12H2,1H3,(H2,18,21). The van der Waals surface area contributed by atoms with Crippen molar-refractivity contribution in [3.8, 4) is 0 Å². The van der Waals surface area contributed by atoms with Gasteiger partial charge in [-0.3, -0.25) is 4.79 Å². The van der Waals surface area contributed by atoms with E-state index < -0.39 is 0 Å². The minimum atomic E-state index is -0.00873. The van der Waals surface area contributed by atoms with Crippen LogP contribution in [-0.4, -0.2) is 17.4 Å². The fourth-order valence-electron chi connectivity index (χ4n) is 2.17. The third-order valence-electron chi connectivity index (χ3n) is 3.21. The Labute approximate surface area is 130 Å². The average Bonchev–Trinajstić information content (AvgIpc) is 2.49. The molecule has 1 amide bonds. The molecule has 2 aromatic carbocycles. The van der Waals surface area contributed by atoms with Crippen molar-refractivity contribution in [2.24, 2.45) is 5.73 Å². The van der Waals surface area contributed by atoms with E-state index in [9.17, 15) is 4.79 Å². The van der Waals surface area contributed by atoms with E-state index in [-0.39, 0.29) is 5.91 Å². The molecule has 0 unspecified atom stereocenters. The highest BCUT2D eigenvalue weighted by Crippen LogP contribution is 2.17. The van der Waals surface area contributed by atoms with Crippen LogP contribution in [0.1, 0.15) is 22.8 Å². The molecule has 0 radical (unpaired) electrons. The van der Waals surface area contributed by atoms with E-state index in [1.54, 1.807) is 4.90 Å². The summed E-state index contributed by atoms with van der Waals surface area (Å²) in [5.74, 6) is -0.00873. The molecular formula is C17H18N2OS. The van der Waals surface area contributed by atoms with Gasteiger partial charge in [0.25, 0.3) is 5.91 Å². The highest BCUT2D eigenvalue weighted by Gasteiger charge is 2.15. The van der Waals surface area contributed by atoms with Gasteiger partial charge in [0.2, 0.25) is 0 Å². The van der Waals surface area contributed by atoms with Crippen molar-refractivity contribution in [1.29, 1.82) is 0 Å². The lowest BCUT2D eigenvalue weighted by molar-refractivity contribution is 0.0988. The Hall–Kier alpha value is -2.20. The third kappa shape index (κ3) is 3.89. The van der Waals surface area contributed by atoms with E-state index in [4.69, 9.17) is 18.0 Å². The Kier molecular flexibility index (Phi) is 5.06. The second kappa shape index (κ2) is 6.99. The molecule has 108 valence electrons. The van der Waals surface area contributed by atoms with Gasteiger partial charge in [0, 0.05) is 24.2 Å². The number of rotatable bonds is 5. The number of amides is 1. The number of hydrogen-bond donors (Lipinski definition) is 1. The van der Waals surface area contributed by atoms with Crippen LogP contribution in [0.3, 0.4) is 0 Å². The van der Waals surface area contributed by atoms with Gasteiger partial charge in [-0.25, -0.2) is 0 Å². The van der Waals surface area contributed by atoms with Crippen LogP contribution in [0, 0.1) is 0 Å². The number of carbonyl (C=O) groups excluding carboxylic acids is 1. The van der Waals surface area contributed by atoms with Gasteiger partial charge >= 0.3 is 0 Å². The zero-order valence-electron chi connectivity index (χ0n) is 12.0. The number of thiocarbonyl (C=S) groups is 1. The molecule has 0 aliphatic carbocycles. The molecule has 0 spiro atoms. The Morgan fingerprint density at radius 1 is 1.10 bits per heavy atom. The Morgan fingerprint density at radius 2 is 1.71 bits per heavy atom. The minimum Gasteiger partial charge on any atom is -0.393 e. The van der Waals surface area contributed by atoms with Gasteiger partial charge in [0.15, 0.2) is 0 Å². The smallest absolute Gasteiger partial charge is 0.258 e. The monoisotopic (exact) mass is 298 g/mol. The fraction of sp³-hybridized carbons (Fsp3) is 0.176. The van der Waals surface area contributed by atoms with Crippen molar-refractivity contribution in [2.45, 2.75) is 13.3 Å². The van der Waals surface area contributed by atoms with Crippen molar-refractivity contribution in [1.82, 2.24) is 0 Å². The Morgan fingerprint density at radius 3 is 2.24 bits per heavy atom. The van der Waals surface area contributed by atoms with Crippen LogP contribution < -0.4 is 10.6 Å². The molecular weight excluding hydrogens is 280 g/mol. The maximum atomic E-state index is 12.6. The van der Waals surface area contributed by atoms with Crippen LogP contribution in [0.15, 0.2) is 54.6 Å². The van der Waals surface area contributed by atoms with E-state index in [0.29, 0.717) is 23.5 Å². The van der Waals surface area contributed by atoms with E-state index in [2.05, 4.69) is 0 Å². The van der Waals surface area contributed by atoms with Gasteiger partial charge in [0.1, 0.15) is 0 Å². The summed E-state index contributed by atoms with van der Waals surface area (Å²) in [7, 11) is 0. The molecule has 2 rings (SSSR count). The second-order valence-corrected chi connectivity index (χ2v) is 5.25. The molecule has 0 aliphatic rings. The summed E-state index contributed by atoms with van der Waals surface area (Å²) in [6.45, 7) is 2.59. The van der Waals surface area contributed by atoms with E-state index in [1.807, 2.05) is 61.5 Å². The van der Waals surface area contributed by atoms with Crippen LogP contribution >= 0.6 is 12.2 Å². The first-order chi connectivity index (χ1) is 10.1. The first kappa shape index (κ1) is 15.2. The molecule has 0 bridgehead atoms. The minimum absolute atomic E-state index is 0.00873. The SMILES string of the molecule is CCN(C(=O)c1ccc(CC(N)=S)cc1)c1ccccc1. The molecule has 21 heavy (non-hydrogen) atoms. The molecule has 0 heterocycles. The van der Waals surface area contributed by atoms with Crippen molar-refractivity contribution in [2.75, 3.05) is 11.4 Å². The summed E-state index contributed by atoms with van der Waals surface area (Å²) in [4.78, 5) is 14.8. The summed E-state index contributed by atoms with van der Waals surface area (Å²) >= 11 is 4.89. The zero-order valence-corrected chi connectivity index (χ0v) is 12.8. The third-order valence-corrected chi connectivity index (χ3v) is 3.35. The van der Waals surface area contributed by atoms with Crippen molar-refractivity contribution >= 4 is 28.8 Å². The normalized spacial score (nSPS) is 10.1. The highest BCUT2D eigenvalue weighted by atomic mass is 32.1. The molecule has 4 heteroatoms. The molecule has 3 nitrogen and oxygen atoms in total. The largest absolute Gasteiger partial charge is 0.393 e. The maximum Gasteiger partial charge on any atom is 0.258 e. The number of anilines is 1. The first-order valence-corrected chi connectivity index (χ1v) is 7.26. The van der Waals surface area contributed by atoms with Crippen LogP contribution in [0.25, 0.3) is 0 Å². The van der Waals surface area contributed by atoms with Gasteiger partial charge in [-0.1, -0.05) is 42.5 Å². The first-order valence-electron chi connectivity index (χ1n) is 6.86. The van der Waals surface area contributed by atoms with Crippen LogP contribution in [0.4, 0.5) is 5.69 Å². The number of hydrogen-bond acceptors (Lipinski definition) is 2. The van der Waals surface area contributed by atoms with Crippen molar-refractivity contribution in [3.63, 3.8) is 0 Å². The van der Waals surface area contributed by atoms with Crippen LogP contribution in [-0.2, 0) is 6.42 Å². The molecule has 0 saturated heterocycles. The number of nitrogens with two attached hydrogens (primary N) is 1. The Balaban J connectivity index is 2.20. The molecule has 0 aromatic heterocycles. The van der Waals surface area contributed by atoms with E-state index in [0.717, 1.165) is 11.3 Å². The molecule has 0 atom stereocenters. The van der Waals surface area contributed by atoms with Crippen molar-refractivity contribution < 1.29 is 4.79 Å². The number of nitrogens with zero attached hydrogens (tertiary/aromatic N) is 1. The maximum absolute atomic E-state index is 12.6. The summed E-state index contributed by atoms with van der Waals surface area (Å²) in [5.41, 5.74) is 8.10. The average molecular weight is 298 g/mol. The van der Waals surface area contributed by atoms with Gasteiger partial charge in [-0.15, -0.1) is 0 Å². The van der Waals surface area contributed by atoms with E-state index in [1.165, 1.54) is 0 Å². The number of benzene rings is 2. The highest BCUT2D eigenvalue weighted by molar-refractivity contribution is 7.80. The lowest BCUT2D eigenvalue weighted by atomic mass is 10.1. The van der Waals surface area contributed by atoms with Gasteiger partial charge in [-0.05, 0) is 36.8 Å². The fourth-order valence-corrected chi connectivity index (χ4v) is 2.34. The van der Waals surface area contributed by atoms with Crippen molar-refractivity contribution in [3.05, 3.63) is 65.7 Å². The number of para-hydroxylation sites is 1. The zero-order chi connectivity index (χ0) is 15.2. The predicted octanol–water partition coefficient (Wildman–Crippen LogP) is 3.18. The summed E-state index contributed by atoms with van der Waals surface area (Å²) in [6, 6.07) is 17.1. The van der Waals surface area contributed by atoms with Crippen LogP contribution in [0.5, 0.6) is 0 Å². The quantitative estimate of drug-likeness (QED) is 0.862. The van der Waals surface area contributed by atoms with Gasteiger partial charge in [-0.2, -0.15) is 0 Å². The lowest BCUT2D eigenvalue weighted by Crippen LogP contribution is -2.30. The van der Waals surface area contributed by atoms with E-state index >= 15 is 0 Å². The topological polar surface area (TPSA) is 46.3 Å². The molecule has 2 aromatic rings. The molecule has 0 aliphatic heterocycles. The number of carbonyl (C=O) groups is 1. The Bertz CT molecular complexity index is 623. The molecule has 0 saturated carbocycles. The van der Waals surface area contributed by atoms with Crippen LogP contribution in [0.2, 0.25) is 0 Å². The summed E-state index contributed by atoms with van der Waals surface area (Å²) in [5, 5.41) is 0. The summed E-state index contributed by atoms with van der Waals surface area (Å²) < 4.78 is 0. The van der Waals surface area contributed by atoms with Gasteiger partial charge < -0.3 is 10.6 Å². The summed E-state index contributed by atoms with van der Waals surface area (Å²) in [6.07, 6.45) is 0.556. The molecule has 0 fully saturated rings. The second-order valence-electron chi connectivity index (χ2n) is 4.72. The predicted molar refractivity (Wildman–Crippen MR) is 90.7 cm³/mol.